The van der Waals surface area contributed by atoms with E-state index in [9.17, 15) is 4.79 Å². The van der Waals surface area contributed by atoms with E-state index in [0.29, 0.717) is 13.0 Å². The number of methoxy groups -OCH3 is 1. The van der Waals surface area contributed by atoms with Crippen molar-refractivity contribution in [1.82, 2.24) is 0 Å². The molecule has 3 heteroatoms. The second-order valence-corrected chi connectivity index (χ2v) is 2.83. The van der Waals surface area contributed by atoms with Gasteiger partial charge in [-0.25, -0.2) is 0 Å². The van der Waals surface area contributed by atoms with Crippen LogP contribution in [0.3, 0.4) is 0 Å². The van der Waals surface area contributed by atoms with E-state index in [-0.39, 0.29) is 13.4 Å². The molecule has 0 radical (unpaired) electrons. The average Bonchev–Trinajstić information content (AvgIpc) is 2.19. The molecule has 0 bridgehead atoms. The first-order valence-electron chi connectivity index (χ1n) is 4.54. The predicted octanol–water partition coefficient (Wildman–Crippen LogP) is 2.44. The smallest absolute Gasteiger partial charge is 0.310 e. The molecule has 3 nitrogen and oxygen atoms in total. The lowest BCUT2D eigenvalue weighted by molar-refractivity contribution is -0.142. The Morgan fingerprint density at radius 2 is 1.87 bits per heavy atom. The molecule has 0 heterocycles. The molecule has 0 unspecified atom stereocenters. The first-order valence-corrected chi connectivity index (χ1v) is 4.54. The van der Waals surface area contributed by atoms with Crippen molar-refractivity contribution in [3.63, 3.8) is 0 Å². The van der Waals surface area contributed by atoms with E-state index >= 15 is 0 Å². The lowest BCUT2D eigenvalue weighted by Crippen LogP contribution is -2.07. The van der Waals surface area contributed by atoms with Gasteiger partial charge in [-0.3, -0.25) is 4.79 Å². The molecule has 0 amide bonds. The maximum atomic E-state index is 11.1. The minimum absolute atomic E-state index is 0. The maximum Gasteiger partial charge on any atom is 0.310 e. The van der Waals surface area contributed by atoms with Crippen LogP contribution in [0.5, 0.6) is 5.75 Å². The van der Waals surface area contributed by atoms with Gasteiger partial charge in [-0.15, -0.1) is 0 Å². The van der Waals surface area contributed by atoms with E-state index < -0.39 is 0 Å². The summed E-state index contributed by atoms with van der Waals surface area (Å²) >= 11 is 0. The summed E-state index contributed by atoms with van der Waals surface area (Å²) in [5.41, 5.74) is 0.934. The number of hydrogen-bond acceptors (Lipinski definition) is 3. The van der Waals surface area contributed by atoms with Crippen molar-refractivity contribution in [2.75, 3.05) is 13.7 Å². The van der Waals surface area contributed by atoms with Gasteiger partial charge in [-0.1, -0.05) is 19.6 Å². The van der Waals surface area contributed by atoms with Gasteiger partial charge in [0, 0.05) is 0 Å². The third-order valence-corrected chi connectivity index (χ3v) is 1.81. The normalized spacial score (nSPS) is 8.93. The van der Waals surface area contributed by atoms with E-state index in [1.165, 1.54) is 0 Å². The highest BCUT2D eigenvalue weighted by molar-refractivity contribution is 5.72. The summed E-state index contributed by atoms with van der Waals surface area (Å²) in [6.45, 7) is 2.22. The molecular formula is C12H18O3. The fraction of sp³-hybridized carbons (Fsp3) is 0.417. The molecule has 0 aliphatic heterocycles. The highest BCUT2D eigenvalue weighted by Crippen LogP contribution is 2.11. The van der Waals surface area contributed by atoms with Crippen LogP contribution >= 0.6 is 0 Å². The van der Waals surface area contributed by atoms with Crippen molar-refractivity contribution < 1.29 is 14.3 Å². The zero-order chi connectivity index (χ0) is 10.4. The molecule has 0 saturated carbocycles. The van der Waals surface area contributed by atoms with Crippen LogP contribution < -0.4 is 4.74 Å². The Morgan fingerprint density at radius 1 is 1.27 bits per heavy atom. The molecule has 1 aromatic rings. The second kappa shape index (κ2) is 6.87. The molecule has 0 atom stereocenters. The largest absolute Gasteiger partial charge is 0.497 e. The molecule has 0 aromatic heterocycles. The number of rotatable bonds is 4. The van der Waals surface area contributed by atoms with E-state index in [2.05, 4.69) is 0 Å². The minimum atomic E-state index is -0.197. The van der Waals surface area contributed by atoms with Gasteiger partial charge in [-0.05, 0) is 24.6 Å². The quantitative estimate of drug-likeness (QED) is 0.716. The molecule has 84 valence electrons. The SMILES string of the molecule is C.CCOC(=O)Cc1ccc(OC)cc1. The van der Waals surface area contributed by atoms with Crippen molar-refractivity contribution in [3.8, 4) is 5.75 Å². The lowest BCUT2D eigenvalue weighted by Gasteiger charge is -2.03. The summed E-state index contributed by atoms with van der Waals surface area (Å²) in [6, 6.07) is 7.37. The van der Waals surface area contributed by atoms with Crippen LogP contribution in [0.25, 0.3) is 0 Å². The van der Waals surface area contributed by atoms with E-state index in [1.54, 1.807) is 14.0 Å². The number of carbonyl (C=O) groups is 1. The summed E-state index contributed by atoms with van der Waals surface area (Å²) < 4.78 is 9.84. The van der Waals surface area contributed by atoms with E-state index in [4.69, 9.17) is 9.47 Å². The molecule has 15 heavy (non-hydrogen) atoms. The number of esters is 1. The Bertz CT molecular complexity index is 290. The summed E-state index contributed by atoms with van der Waals surface area (Å²) in [5, 5.41) is 0. The Hall–Kier alpha value is -1.51. The van der Waals surface area contributed by atoms with Crippen molar-refractivity contribution >= 4 is 5.97 Å². The summed E-state index contributed by atoms with van der Waals surface area (Å²) in [5.74, 6) is 0.593. The van der Waals surface area contributed by atoms with Crippen LogP contribution in [0, 0.1) is 0 Å². The molecule has 0 fully saturated rings. The van der Waals surface area contributed by atoms with Crippen LogP contribution in [0.4, 0.5) is 0 Å². The van der Waals surface area contributed by atoms with Crippen molar-refractivity contribution in [2.45, 2.75) is 20.8 Å². The Labute approximate surface area is 91.0 Å². The molecule has 0 saturated heterocycles. The monoisotopic (exact) mass is 210 g/mol. The van der Waals surface area contributed by atoms with Gasteiger partial charge < -0.3 is 9.47 Å². The van der Waals surface area contributed by atoms with Crippen LogP contribution in [0.15, 0.2) is 24.3 Å². The highest BCUT2D eigenvalue weighted by Gasteiger charge is 2.03. The zero-order valence-electron chi connectivity index (χ0n) is 8.45. The fourth-order valence-corrected chi connectivity index (χ4v) is 1.12. The minimum Gasteiger partial charge on any atom is -0.497 e. The molecule has 0 spiro atoms. The van der Waals surface area contributed by atoms with Crippen molar-refractivity contribution in [1.29, 1.82) is 0 Å². The van der Waals surface area contributed by atoms with Crippen molar-refractivity contribution in [3.05, 3.63) is 29.8 Å². The molecule has 0 aliphatic carbocycles. The van der Waals surface area contributed by atoms with Gasteiger partial charge in [0.05, 0.1) is 20.1 Å². The summed E-state index contributed by atoms with van der Waals surface area (Å²) in [7, 11) is 1.61. The Balaban J connectivity index is 0.00000196. The van der Waals surface area contributed by atoms with Gasteiger partial charge in [0.2, 0.25) is 0 Å². The topological polar surface area (TPSA) is 35.5 Å². The van der Waals surface area contributed by atoms with Gasteiger partial charge >= 0.3 is 5.97 Å². The molecule has 1 rings (SSSR count). The van der Waals surface area contributed by atoms with Gasteiger partial charge in [0.25, 0.3) is 0 Å². The number of ether oxygens (including phenoxy) is 2. The summed E-state index contributed by atoms with van der Waals surface area (Å²) in [6.07, 6.45) is 0.317. The Kier molecular flexibility index (Phi) is 6.18. The average molecular weight is 210 g/mol. The van der Waals surface area contributed by atoms with Gasteiger partial charge in [-0.2, -0.15) is 0 Å². The summed E-state index contributed by atoms with van der Waals surface area (Å²) in [4.78, 5) is 11.1. The third-order valence-electron chi connectivity index (χ3n) is 1.81. The number of benzene rings is 1. The second-order valence-electron chi connectivity index (χ2n) is 2.83. The molecular weight excluding hydrogens is 192 g/mol. The van der Waals surface area contributed by atoms with Crippen LogP contribution in [0.2, 0.25) is 0 Å². The van der Waals surface area contributed by atoms with Gasteiger partial charge in [0.1, 0.15) is 5.75 Å². The van der Waals surface area contributed by atoms with E-state index in [0.717, 1.165) is 11.3 Å². The third kappa shape index (κ3) is 4.49. The van der Waals surface area contributed by atoms with E-state index in [1.807, 2.05) is 24.3 Å². The molecule has 1 aromatic carbocycles. The highest BCUT2D eigenvalue weighted by atomic mass is 16.5. The predicted molar refractivity (Wildman–Crippen MR) is 60.1 cm³/mol. The Morgan fingerprint density at radius 3 is 2.33 bits per heavy atom. The first kappa shape index (κ1) is 13.5. The van der Waals surface area contributed by atoms with Crippen molar-refractivity contribution in [2.24, 2.45) is 0 Å². The fourth-order valence-electron chi connectivity index (χ4n) is 1.12. The lowest BCUT2D eigenvalue weighted by atomic mass is 10.1. The molecule has 0 aliphatic rings. The van der Waals surface area contributed by atoms with Crippen LogP contribution in [-0.4, -0.2) is 19.7 Å². The number of carbonyl (C=O) groups excluding carboxylic acids is 1. The standard InChI is InChI=1S/C11H14O3.CH4/c1-3-14-11(12)8-9-4-6-10(13-2)7-5-9;/h4-7H,3,8H2,1-2H3;1H4. The molecule has 0 N–H and O–H groups in total. The first-order chi connectivity index (χ1) is 6.76. The maximum absolute atomic E-state index is 11.1. The van der Waals surface area contributed by atoms with Crippen LogP contribution in [-0.2, 0) is 16.0 Å². The zero-order valence-corrected chi connectivity index (χ0v) is 8.45. The van der Waals surface area contributed by atoms with Gasteiger partial charge in [0.15, 0.2) is 0 Å². The van der Waals surface area contributed by atoms with Crippen LogP contribution in [0.1, 0.15) is 19.9 Å². The number of hydrogen-bond donors (Lipinski definition) is 0.